The maximum atomic E-state index is 8.72. The van der Waals surface area contributed by atoms with Crippen LogP contribution < -0.4 is 5.73 Å². The van der Waals surface area contributed by atoms with Crippen molar-refractivity contribution in [2.45, 2.75) is 12.8 Å². The number of nitrogens with zero attached hydrogens (tertiary/aromatic N) is 2. The Morgan fingerprint density at radius 2 is 2.12 bits per heavy atom. The normalized spacial score (nSPS) is 10.6. The second kappa shape index (κ2) is 4.76. The smallest absolute Gasteiger partial charge is 0.231 e. The fourth-order valence-electron chi connectivity index (χ4n) is 1.42. The molecule has 0 fully saturated rings. The first kappa shape index (κ1) is 10.6. The second-order valence-corrected chi connectivity index (χ2v) is 3.45. The van der Waals surface area contributed by atoms with Gasteiger partial charge in [-0.15, -0.1) is 0 Å². The van der Waals surface area contributed by atoms with Crippen molar-refractivity contribution in [3.05, 3.63) is 41.5 Å². The molecule has 0 amide bonds. The summed E-state index contributed by atoms with van der Waals surface area (Å²) in [5.74, 6) is 1.04. The molecule has 2 rings (SSSR count). The van der Waals surface area contributed by atoms with Crippen LogP contribution in [-0.2, 0) is 12.8 Å². The van der Waals surface area contributed by atoms with Gasteiger partial charge < -0.3 is 15.4 Å². The molecule has 16 heavy (non-hydrogen) atoms. The lowest BCUT2D eigenvalue weighted by molar-refractivity contribution is 0.293. The van der Waals surface area contributed by atoms with E-state index in [0.29, 0.717) is 30.2 Å². The molecule has 1 aromatic heterocycles. The van der Waals surface area contributed by atoms with Crippen molar-refractivity contribution in [2.75, 3.05) is 12.3 Å². The number of rotatable bonds is 4. The average molecular weight is 219 g/mol. The van der Waals surface area contributed by atoms with Crippen LogP contribution in [0.4, 0.5) is 5.69 Å². The van der Waals surface area contributed by atoms with Gasteiger partial charge in [0, 0.05) is 12.1 Å². The van der Waals surface area contributed by atoms with Gasteiger partial charge in [-0.3, -0.25) is 0 Å². The van der Waals surface area contributed by atoms with Crippen LogP contribution in [-0.4, -0.2) is 21.9 Å². The minimum atomic E-state index is 0.0203. The van der Waals surface area contributed by atoms with E-state index in [1.165, 1.54) is 0 Å². The predicted molar refractivity (Wildman–Crippen MR) is 58.7 cm³/mol. The highest BCUT2D eigenvalue weighted by atomic mass is 16.5. The lowest BCUT2D eigenvalue weighted by atomic mass is 10.1. The lowest BCUT2D eigenvalue weighted by Gasteiger charge is -2.00. The molecule has 0 aliphatic carbocycles. The Morgan fingerprint density at radius 3 is 2.88 bits per heavy atom. The number of aromatic nitrogens is 2. The second-order valence-electron chi connectivity index (χ2n) is 3.45. The van der Waals surface area contributed by atoms with Crippen LogP contribution in [0.5, 0.6) is 0 Å². The molecule has 0 unspecified atom stereocenters. The first-order valence-corrected chi connectivity index (χ1v) is 5.05. The fourth-order valence-corrected chi connectivity index (χ4v) is 1.42. The third-order valence-corrected chi connectivity index (χ3v) is 2.24. The van der Waals surface area contributed by atoms with Gasteiger partial charge in [0.15, 0.2) is 5.82 Å². The molecule has 2 aromatic rings. The van der Waals surface area contributed by atoms with Gasteiger partial charge in [-0.05, 0) is 11.6 Å². The van der Waals surface area contributed by atoms with Crippen LogP contribution in [0.3, 0.4) is 0 Å². The molecule has 0 atom stereocenters. The summed E-state index contributed by atoms with van der Waals surface area (Å²) >= 11 is 0. The Kier molecular flexibility index (Phi) is 3.16. The molecule has 1 aromatic carbocycles. The van der Waals surface area contributed by atoms with E-state index in [0.717, 1.165) is 5.56 Å². The van der Waals surface area contributed by atoms with Crippen molar-refractivity contribution in [3.63, 3.8) is 0 Å². The molecule has 3 N–H and O–H groups in total. The van der Waals surface area contributed by atoms with Crippen molar-refractivity contribution >= 4 is 5.69 Å². The molecule has 0 aliphatic rings. The summed E-state index contributed by atoms with van der Waals surface area (Å²) in [6.45, 7) is 0.0203. The van der Waals surface area contributed by atoms with Crippen molar-refractivity contribution in [3.8, 4) is 0 Å². The van der Waals surface area contributed by atoms with Gasteiger partial charge in [-0.1, -0.05) is 23.4 Å². The summed E-state index contributed by atoms with van der Waals surface area (Å²) in [4.78, 5) is 4.14. The Balaban J connectivity index is 2.11. The molecule has 1 heterocycles. The van der Waals surface area contributed by atoms with E-state index >= 15 is 0 Å². The average Bonchev–Trinajstić information content (AvgIpc) is 2.70. The quantitative estimate of drug-likeness (QED) is 0.742. The molecule has 5 nitrogen and oxygen atoms in total. The number of benzene rings is 1. The summed E-state index contributed by atoms with van der Waals surface area (Å²) in [6.07, 6.45) is 0.929. The summed E-state index contributed by atoms with van der Waals surface area (Å²) < 4.78 is 5.05. The first-order valence-electron chi connectivity index (χ1n) is 5.05. The van der Waals surface area contributed by atoms with Gasteiger partial charge in [0.05, 0.1) is 13.0 Å². The van der Waals surface area contributed by atoms with Crippen molar-refractivity contribution in [1.29, 1.82) is 0 Å². The van der Waals surface area contributed by atoms with Crippen molar-refractivity contribution < 1.29 is 9.63 Å². The largest absolute Gasteiger partial charge is 0.398 e. The highest BCUT2D eigenvalue weighted by Gasteiger charge is 2.08. The summed E-state index contributed by atoms with van der Waals surface area (Å²) in [6, 6.07) is 7.55. The summed E-state index contributed by atoms with van der Waals surface area (Å²) in [5.41, 5.74) is 7.48. The molecule has 0 spiro atoms. The van der Waals surface area contributed by atoms with Crippen LogP contribution in [0, 0.1) is 0 Å². The van der Waals surface area contributed by atoms with Gasteiger partial charge in [-0.2, -0.15) is 4.98 Å². The molecule has 0 saturated carbocycles. The maximum absolute atomic E-state index is 8.72. The predicted octanol–water partition coefficient (Wildman–Crippen LogP) is 0.777. The van der Waals surface area contributed by atoms with Gasteiger partial charge >= 0.3 is 0 Å². The first-order chi connectivity index (χ1) is 7.79. The highest BCUT2D eigenvalue weighted by Crippen LogP contribution is 2.14. The van der Waals surface area contributed by atoms with E-state index in [2.05, 4.69) is 10.1 Å². The van der Waals surface area contributed by atoms with Crippen LogP contribution in [0.25, 0.3) is 0 Å². The lowest BCUT2D eigenvalue weighted by Crippen LogP contribution is -1.96. The van der Waals surface area contributed by atoms with Crippen molar-refractivity contribution in [1.82, 2.24) is 10.1 Å². The zero-order valence-corrected chi connectivity index (χ0v) is 8.76. The van der Waals surface area contributed by atoms with Crippen LogP contribution in [0.15, 0.2) is 28.8 Å². The molecule has 0 saturated heterocycles. The van der Waals surface area contributed by atoms with Crippen molar-refractivity contribution in [2.24, 2.45) is 0 Å². The van der Waals surface area contributed by atoms with E-state index < -0.39 is 0 Å². The minimum absolute atomic E-state index is 0.0203. The Hall–Kier alpha value is -1.88. The number of nitrogens with two attached hydrogens (primary N) is 1. The maximum Gasteiger partial charge on any atom is 0.231 e. The number of anilines is 1. The molecule has 0 bridgehead atoms. The van der Waals surface area contributed by atoms with Gasteiger partial charge in [0.25, 0.3) is 0 Å². The van der Waals surface area contributed by atoms with E-state index in [-0.39, 0.29) is 6.61 Å². The van der Waals surface area contributed by atoms with E-state index in [4.69, 9.17) is 15.4 Å². The highest BCUT2D eigenvalue weighted by molar-refractivity contribution is 5.47. The topological polar surface area (TPSA) is 85.2 Å². The number of nitrogen functional groups attached to an aromatic ring is 1. The number of aliphatic hydroxyl groups is 1. The number of hydrogen-bond donors (Lipinski definition) is 2. The number of hydrogen-bond acceptors (Lipinski definition) is 5. The fraction of sp³-hybridized carbons (Fsp3) is 0.273. The zero-order valence-electron chi connectivity index (χ0n) is 8.76. The molecule has 5 heteroatoms. The Bertz CT molecular complexity index is 468. The van der Waals surface area contributed by atoms with Gasteiger partial charge in [-0.25, -0.2) is 0 Å². The van der Waals surface area contributed by atoms with Crippen LogP contribution in [0.1, 0.15) is 17.3 Å². The van der Waals surface area contributed by atoms with E-state index in [1.807, 2.05) is 24.3 Å². The van der Waals surface area contributed by atoms with Gasteiger partial charge in [0.2, 0.25) is 5.89 Å². The third kappa shape index (κ3) is 2.38. The summed E-state index contributed by atoms with van der Waals surface area (Å²) in [5, 5.41) is 12.5. The van der Waals surface area contributed by atoms with Crippen LogP contribution >= 0.6 is 0 Å². The molecule has 0 radical (unpaired) electrons. The number of para-hydroxylation sites is 1. The van der Waals surface area contributed by atoms with E-state index in [1.54, 1.807) is 0 Å². The molecular formula is C11H13N3O2. The molecule has 84 valence electrons. The molecular weight excluding hydrogens is 206 g/mol. The monoisotopic (exact) mass is 219 g/mol. The minimum Gasteiger partial charge on any atom is -0.398 e. The number of aliphatic hydroxyl groups excluding tert-OH is 1. The third-order valence-electron chi connectivity index (χ3n) is 2.24. The SMILES string of the molecule is Nc1ccccc1Cc1nc(CCO)no1. The summed E-state index contributed by atoms with van der Waals surface area (Å²) in [7, 11) is 0. The Morgan fingerprint density at radius 1 is 1.31 bits per heavy atom. The standard InChI is InChI=1S/C11H13N3O2/c12-9-4-2-1-3-8(9)7-11-13-10(5-6-15)14-16-11/h1-4,15H,5-7,12H2. The Labute approximate surface area is 92.9 Å². The van der Waals surface area contributed by atoms with E-state index in [9.17, 15) is 0 Å². The molecule has 0 aliphatic heterocycles. The zero-order chi connectivity index (χ0) is 11.4. The van der Waals surface area contributed by atoms with Gasteiger partial charge in [0.1, 0.15) is 0 Å². The van der Waals surface area contributed by atoms with Crippen LogP contribution in [0.2, 0.25) is 0 Å².